The van der Waals surface area contributed by atoms with Crippen molar-refractivity contribution in [3.8, 4) is 11.5 Å². The molecule has 29 heavy (non-hydrogen) atoms. The number of amides is 1. The SMILES string of the molecule is O=C(c1cc(-c2ccco2)nc2ccccc12)N1CCOC(c2ccccc2)C1. The van der Waals surface area contributed by atoms with Crippen molar-refractivity contribution in [2.24, 2.45) is 0 Å². The molecule has 1 unspecified atom stereocenters. The molecule has 0 bridgehead atoms. The number of carbonyl (C=O) groups excluding carboxylic acids is 1. The maximum absolute atomic E-state index is 13.5. The van der Waals surface area contributed by atoms with Gasteiger partial charge in [0.15, 0.2) is 5.76 Å². The maximum Gasteiger partial charge on any atom is 0.254 e. The molecule has 0 aliphatic carbocycles. The van der Waals surface area contributed by atoms with Crippen LogP contribution in [0.4, 0.5) is 0 Å². The van der Waals surface area contributed by atoms with E-state index in [0.717, 1.165) is 16.5 Å². The molecule has 1 saturated heterocycles. The fourth-order valence-electron chi connectivity index (χ4n) is 3.78. The number of nitrogens with zero attached hydrogens (tertiary/aromatic N) is 2. The average molecular weight is 384 g/mol. The zero-order valence-electron chi connectivity index (χ0n) is 15.8. The molecule has 0 N–H and O–H groups in total. The highest BCUT2D eigenvalue weighted by Crippen LogP contribution is 2.28. The fraction of sp³-hybridized carbons (Fsp3) is 0.167. The highest BCUT2D eigenvalue weighted by Gasteiger charge is 2.27. The van der Waals surface area contributed by atoms with Gasteiger partial charge in [0, 0.05) is 11.9 Å². The Morgan fingerprint density at radius 1 is 1.00 bits per heavy atom. The van der Waals surface area contributed by atoms with Crippen molar-refractivity contribution in [2.75, 3.05) is 19.7 Å². The minimum atomic E-state index is -0.119. The first-order chi connectivity index (χ1) is 14.3. The Morgan fingerprint density at radius 2 is 1.83 bits per heavy atom. The van der Waals surface area contributed by atoms with Crippen molar-refractivity contribution in [1.82, 2.24) is 9.88 Å². The van der Waals surface area contributed by atoms with Crippen LogP contribution in [0.3, 0.4) is 0 Å². The summed E-state index contributed by atoms with van der Waals surface area (Å²) in [5.41, 5.74) is 3.15. The second kappa shape index (κ2) is 7.53. The Labute approximate surface area is 168 Å². The van der Waals surface area contributed by atoms with Gasteiger partial charge in [-0.3, -0.25) is 4.79 Å². The van der Waals surface area contributed by atoms with E-state index in [1.807, 2.05) is 77.7 Å². The van der Waals surface area contributed by atoms with Gasteiger partial charge in [0.05, 0.1) is 30.5 Å². The Morgan fingerprint density at radius 3 is 2.66 bits per heavy atom. The smallest absolute Gasteiger partial charge is 0.254 e. The molecule has 1 aliphatic rings. The summed E-state index contributed by atoms with van der Waals surface area (Å²) in [6.07, 6.45) is 1.49. The summed E-state index contributed by atoms with van der Waals surface area (Å²) in [6.45, 7) is 1.60. The summed E-state index contributed by atoms with van der Waals surface area (Å²) in [5.74, 6) is 0.634. The third kappa shape index (κ3) is 3.41. The van der Waals surface area contributed by atoms with Gasteiger partial charge in [-0.15, -0.1) is 0 Å². The molecule has 1 atom stereocenters. The van der Waals surface area contributed by atoms with Crippen LogP contribution < -0.4 is 0 Å². The lowest BCUT2D eigenvalue weighted by atomic mass is 10.0. The molecule has 1 fully saturated rings. The van der Waals surface area contributed by atoms with Crippen LogP contribution in [0.2, 0.25) is 0 Å². The topological polar surface area (TPSA) is 55.6 Å². The van der Waals surface area contributed by atoms with Gasteiger partial charge in [-0.05, 0) is 29.8 Å². The molecule has 0 spiro atoms. The van der Waals surface area contributed by atoms with E-state index in [4.69, 9.17) is 9.15 Å². The van der Waals surface area contributed by atoms with Crippen molar-refractivity contribution >= 4 is 16.8 Å². The summed E-state index contributed by atoms with van der Waals surface area (Å²) in [7, 11) is 0. The second-order valence-electron chi connectivity index (χ2n) is 7.07. The van der Waals surface area contributed by atoms with Gasteiger partial charge in [-0.25, -0.2) is 4.98 Å². The first kappa shape index (κ1) is 17.6. The van der Waals surface area contributed by atoms with E-state index in [9.17, 15) is 4.79 Å². The molecule has 2 aromatic heterocycles. The first-order valence-electron chi connectivity index (χ1n) is 9.69. The van der Waals surface area contributed by atoms with Crippen LogP contribution in [0.15, 0.2) is 83.5 Å². The van der Waals surface area contributed by atoms with Gasteiger partial charge >= 0.3 is 0 Å². The second-order valence-corrected chi connectivity index (χ2v) is 7.07. The van der Waals surface area contributed by atoms with Crippen molar-refractivity contribution in [2.45, 2.75) is 6.10 Å². The van der Waals surface area contributed by atoms with Crippen LogP contribution >= 0.6 is 0 Å². The normalized spacial score (nSPS) is 16.8. The number of rotatable bonds is 3. The van der Waals surface area contributed by atoms with E-state index in [1.165, 1.54) is 0 Å². The number of aromatic nitrogens is 1. The minimum Gasteiger partial charge on any atom is -0.463 e. The van der Waals surface area contributed by atoms with Gasteiger partial charge in [0.2, 0.25) is 0 Å². The molecular weight excluding hydrogens is 364 g/mol. The van der Waals surface area contributed by atoms with Gasteiger partial charge < -0.3 is 14.1 Å². The highest BCUT2D eigenvalue weighted by atomic mass is 16.5. The van der Waals surface area contributed by atoms with E-state index in [2.05, 4.69) is 4.98 Å². The summed E-state index contributed by atoms with van der Waals surface area (Å²) in [5, 5.41) is 0.843. The molecule has 1 amide bonds. The number of hydrogen-bond donors (Lipinski definition) is 0. The van der Waals surface area contributed by atoms with Gasteiger partial charge in [-0.1, -0.05) is 48.5 Å². The van der Waals surface area contributed by atoms with Crippen molar-refractivity contribution in [3.05, 3.63) is 90.2 Å². The minimum absolute atomic E-state index is 0.0133. The number of morpholine rings is 1. The molecule has 1 aliphatic heterocycles. The Kier molecular flexibility index (Phi) is 4.58. The number of fused-ring (bicyclic) bond motifs is 1. The first-order valence-corrected chi connectivity index (χ1v) is 9.69. The zero-order chi connectivity index (χ0) is 19.6. The van der Waals surface area contributed by atoms with E-state index < -0.39 is 0 Å². The summed E-state index contributed by atoms with van der Waals surface area (Å²) < 4.78 is 11.4. The summed E-state index contributed by atoms with van der Waals surface area (Å²) in [4.78, 5) is 20.1. The lowest BCUT2D eigenvalue weighted by molar-refractivity contribution is -0.0227. The zero-order valence-corrected chi connectivity index (χ0v) is 15.8. The number of para-hydroxylation sites is 1. The molecule has 3 heterocycles. The number of hydrogen-bond acceptors (Lipinski definition) is 4. The number of carbonyl (C=O) groups is 1. The number of pyridine rings is 1. The average Bonchev–Trinajstić information content (AvgIpc) is 3.34. The maximum atomic E-state index is 13.5. The molecule has 2 aromatic carbocycles. The van der Waals surface area contributed by atoms with Crippen LogP contribution in [-0.4, -0.2) is 35.5 Å². The standard InChI is InChI=1S/C24H20N2O3/c27-24(26-12-14-29-23(16-26)17-7-2-1-3-8-17)19-15-21(22-11-6-13-28-22)25-20-10-5-4-9-18(19)20/h1-11,13,15,23H,12,14,16H2. The lowest BCUT2D eigenvalue weighted by Gasteiger charge is -2.33. The summed E-state index contributed by atoms with van der Waals surface area (Å²) >= 11 is 0. The van der Waals surface area contributed by atoms with E-state index >= 15 is 0 Å². The predicted molar refractivity (Wildman–Crippen MR) is 110 cm³/mol. The molecule has 144 valence electrons. The van der Waals surface area contributed by atoms with E-state index in [-0.39, 0.29) is 12.0 Å². The molecule has 0 radical (unpaired) electrons. The largest absolute Gasteiger partial charge is 0.463 e. The molecule has 4 aromatic rings. The molecule has 5 heteroatoms. The van der Waals surface area contributed by atoms with Crippen molar-refractivity contribution < 1.29 is 13.9 Å². The third-order valence-electron chi connectivity index (χ3n) is 5.25. The van der Waals surface area contributed by atoms with Gasteiger partial charge in [0.1, 0.15) is 11.8 Å². The van der Waals surface area contributed by atoms with Gasteiger partial charge in [-0.2, -0.15) is 0 Å². The van der Waals surface area contributed by atoms with E-state index in [0.29, 0.717) is 36.7 Å². The third-order valence-corrected chi connectivity index (χ3v) is 5.25. The van der Waals surface area contributed by atoms with Crippen LogP contribution in [0.25, 0.3) is 22.4 Å². The van der Waals surface area contributed by atoms with Crippen molar-refractivity contribution in [3.63, 3.8) is 0 Å². The molecular formula is C24H20N2O3. The van der Waals surface area contributed by atoms with Crippen LogP contribution in [0.5, 0.6) is 0 Å². The highest BCUT2D eigenvalue weighted by molar-refractivity contribution is 6.07. The Balaban J connectivity index is 1.52. The van der Waals surface area contributed by atoms with Crippen LogP contribution in [-0.2, 0) is 4.74 Å². The molecule has 5 rings (SSSR count). The molecule has 5 nitrogen and oxygen atoms in total. The van der Waals surface area contributed by atoms with Crippen LogP contribution in [0.1, 0.15) is 22.0 Å². The van der Waals surface area contributed by atoms with Crippen molar-refractivity contribution in [1.29, 1.82) is 0 Å². The monoisotopic (exact) mass is 384 g/mol. The van der Waals surface area contributed by atoms with E-state index in [1.54, 1.807) is 6.26 Å². The summed E-state index contributed by atoms with van der Waals surface area (Å²) in [6, 6.07) is 23.3. The molecule has 0 saturated carbocycles. The quantitative estimate of drug-likeness (QED) is 0.513. The predicted octanol–water partition coefficient (Wildman–Crippen LogP) is 4.71. The number of furan rings is 1. The number of benzene rings is 2. The number of ether oxygens (including phenoxy) is 1. The fourth-order valence-corrected chi connectivity index (χ4v) is 3.78. The van der Waals surface area contributed by atoms with Gasteiger partial charge in [0.25, 0.3) is 5.91 Å². The Hall–Kier alpha value is -3.44. The lowest BCUT2D eigenvalue weighted by Crippen LogP contribution is -2.42. The Bertz CT molecular complexity index is 1140. The van der Waals surface area contributed by atoms with Crippen LogP contribution in [0, 0.1) is 0 Å².